The number of carbonyl (C=O) groups is 1. The molecule has 0 atom stereocenters. The first-order valence-corrected chi connectivity index (χ1v) is 7.00. The zero-order valence-corrected chi connectivity index (χ0v) is 12.9. The zero-order valence-electron chi connectivity index (χ0n) is 11.3. The molecule has 0 fully saturated rings. The van der Waals surface area contributed by atoms with E-state index in [1.165, 1.54) is 6.33 Å². The van der Waals surface area contributed by atoms with Gasteiger partial charge in [-0.2, -0.15) is 0 Å². The lowest BCUT2D eigenvalue weighted by molar-refractivity contribution is -0.118. The van der Waals surface area contributed by atoms with Gasteiger partial charge in [0.2, 0.25) is 5.91 Å². The van der Waals surface area contributed by atoms with Crippen molar-refractivity contribution in [2.45, 2.75) is 13.3 Å². The maximum Gasteiger partial charge on any atom is 0.226 e. The molecule has 0 aliphatic carbocycles. The summed E-state index contributed by atoms with van der Waals surface area (Å²) in [4.78, 5) is 21.3. The number of benzene rings is 1. The van der Waals surface area contributed by atoms with Crippen LogP contribution >= 0.6 is 15.9 Å². The molecule has 0 saturated carbocycles. The standard InChI is InChI=1S/C14H15BrN4O/c1-3-13(20)19(2)11-6-4-10(5-7-11)18-14-12(15)8-16-9-17-14/h4-9H,3H2,1-2H3,(H,16,17,18). The number of hydrogen-bond donors (Lipinski definition) is 1. The molecule has 0 unspecified atom stereocenters. The zero-order chi connectivity index (χ0) is 14.5. The Labute approximate surface area is 126 Å². The van der Waals surface area contributed by atoms with Crippen molar-refractivity contribution in [3.63, 3.8) is 0 Å². The highest BCUT2D eigenvalue weighted by Gasteiger charge is 2.08. The van der Waals surface area contributed by atoms with E-state index in [1.807, 2.05) is 31.2 Å². The van der Waals surface area contributed by atoms with Crippen LogP contribution in [-0.2, 0) is 4.79 Å². The molecule has 20 heavy (non-hydrogen) atoms. The largest absolute Gasteiger partial charge is 0.339 e. The van der Waals surface area contributed by atoms with Crippen LogP contribution in [0.5, 0.6) is 0 Å². The Kier molecular flexibility index (Phi) is 4.68. The molecule has 0 aliphatic heterocycles. The van der Waals surface area contributed by atoms with E-state index in [9.17, 15) is 4.79 Å². The summed E-state index contributed by atoms with van der Waals surface area (Å²) in [5, 5.41) is 3.18. The van der Waals surface area contributed by atoms with Gasteiger partial charge in [-0.25, -0.2) is 9.97 Å². The van der Waals surface area contributed by atoms with Crippen LogP contribution in [0, 0.1) is 0 Å². The van der Waals surface area contributed by atoms with Crippen molar-refractivity contribution in [1.82, 2.24) is 9.97 Å². The van der Waals surface area contributed by atoms with Crippen LogP contribution in [0.25, 0.3) is 0 Å². The van der Waals surface area contributed by atoms with Gasteiger partial charge in [-0.1, -0.05) is 6.92 Å². The average Bonchev–Trinajstić information content (AvgIpc) is 2.49. The van der Waals surface area contributed by atoms with Gasteiger partial charge in [-0.3, -0.25) is 4.79 Å². The maximum atomic E-state index is 11.6. The van der Waals surface area contributed by atoms with Gasteiger partial charge in [-0.05, 0) is 40.2 Å². The second kappa shape index (κ2) is 6.47. The molecule has 1 heterocycles. The molecule has 0 spiro atoms. The first kappa shape index (κ1) is 14.5. The number of nitrogens with zero attached hydrogens (tertiary/aromatic N) is 3. The molecule has 1 N–H and O–H groups in total. The molecule has 0 aliphatic rings. The number of aromatic nitrogens is 2. The lowest BCUT2D eigenvalue weighted by atomic mass is 10.2. The topological polar surface area (TPSA) is 58.1 Å². The molecule has 0 radical (unpaired) electrons. The predicted molar refractivity (Wildman–Crippen MR) is 83.2 cm³/mol. The molecular weight excluding hydrogens is 320 g/mol. The Bertz CT molecular complexity index is 600. The summed E-state index contributed by atoms with van der Waals surface area (Å²) >= 11 is 3.38. The van der Waals surface area contributed by atoms with E-state index >= 15 is 0 Å². The number of amides is 1. The van der Waals surface area contributed by atoms with E-state index in [0.717, 1.165) is 15.8 Å². The molecule has 104 valence electrons. The normalized spacial score (nSPS) is 10.2. The van der Waals surface area contributed by atoms with Gasteiger partial charge >= 0.3 is 0 Å². The van der Waals surface area contributed by atoms with E-state index < -0.39 is 0 Å². The maximum absolute atomic E-state index is 11.6. The summed E-state index contributed by atoms with van der Waals surface area (Å²) in [6.07, 6.45) is 3.65. The van der Waals surface area contributed by atoms with E-state index in [0.29, 0.717) is 12.2 Å². The summed E-state index contributed by atoms with van der Waals surface area (Å²) in [5.74, 6) is 0.787. The van der Waals surface area contributed by atoms with Crippen LogP contribution in [-0.4, -0.2) is 22.9 Å². The quantitative estimate of drug-likeness (QED) is 0.931. The van der Waals surface area contributed by atoms with Crippen LogP contribution < -0.4 is 10.2 Å². The number of halogens is 1. The minimum atomic E-state index is 0.0873. The molecule has 5 nitrogen and oxygen atoms in total. The van der Waals surface area contributed by atoms with Gasteiger partial charge in [0.1, 0.15) is 12.1 Å². The fraction of sp³-hybridized carbons (Fsp3) is 0.214. The molecule has 2 rings (SSSR count). The van der Waals surface area contributed by atoms with Gasteiger partial charge in [0.05, 0.1) is 4.47 Å². The van der Waals surface area contributed by atoms with Crippen LogP contribution in [0.1, 0.15) is 13.3 Å². The highest BCUT2D eigenvalue weighted by atomic mass is 79.9. The fourth-order valence-corrected chi connectivity index (χ4v) is 2.01. The molecule has 1 amide bonds. The van der Waals surface area contributed by atoms with Crippen LogP contribution in [0.15, 0.2) is 41.3 Å². The Hall–Kier alpha value is -1.95. The Balaban J connectivity index is 2.13. The highest BCUT2D eigenvalue weighted by Crippen LogP contribution is 2.24. The lowest BCUT2D eigenvalue weighted by Gasteiger charge is -2.17. The second-order valence-corrected chi connectivity index (χ2v) is 5.05. The monoisotopic (exact) mass is 334 g/mol. The number of carbonyl (C=O) groups excluding carboxylic acids is 1. The van der Waals surface area contributed by atoms with E-state index in [4.69, 9.17) is 0 Å². The van der Waals surface area contributed by atoms with Crippen molar-refractivity contribution >= 4 is 39.0 Å². The Morgan fingerprint density at radius 2 is 2.05 bits per heavy atom. The van der Waals surface area contributed by atoms with Gasteiger partial charge in [0.15, 0.2) is 0 Å². The van der Waals surface area contributed by atoms with E-state index in [2.05, 4.69) is 31.2 Å². The van der Waals surface area contributed by atoms with Gasteiger partial charge < -0.3 is 10.2 Å². The molecule has 1 aromatic carbocycles. The Morgan fingerprint density at radius 1 is 1.35 bits per heavy atom. The molecular formula is C14H15BrN4O. The van der Waals surface area contributed by atoms with Crippen molar-refractivity contribution in [3.05, 3.63) is 41.3 Å². The van der Waals surface area contributed by atoms with E-state index in [-0.39, 0.29) is 5.91 Å². The molecule has 0 saturated heterocycles. The van der Waals surface area contributed by atoms with Gasteiger partial charge in [-0.15, -0.1) is 0 Å². The summed E-state index contributed by atoms with van der Waals surface area (Å²) in [6.45, 7) is 1.85. The van der Waals surface area contributed by atoms with Crippen LogP contribution in [0.3, 0.4) is 0 Å². The number of anilines is 3. The van der Waals surface area contributed by atoms with Crippen molar-refractivity contribution in [2.75, 3.05) is 17.3 Å². The minimum Gasteiger partial charge on any atom is -0.339 e. The van der Waals surface area contributed by atoms with Crippen LogP contribution in [0.4, 0.5) is 17.2 Å². The van der Waals surface area contributed by atoms with Crippen molar-refractivity contribution in [3.8, 4) is 0 Å². The van der Waals surface area contributed by atoms with Crippen LogP contribution in [0.2, 0.25) is 0 Å². The van der Waals surface area contributed by atoms with E-state index in [1.54, 1.807) is 18.1 Å². The van der Waals surface area contributed by atoms with Crippen molar-refractivity contribution < 1.29 is 4.79 Å². The number of nitrogens with one attached hydrogen (secondary N) is 1. The summed E-state index contributed by atoms with van der Waals surface area (Å²) in [6, 6.07) is 7.60. The van der Waals surface area contributed by atoms with Gasteiger partial charge in [0, 0.05) is 31.0 Å². The SMILES string of the molecule is CCC(=O)N(C)c1ccc(Nc2ncncc2Br)cc1. The molecule has 2 aromatic rings. The third-order valence-corrected chi connectivity index (χ3v) is 3.44. The fourth-order valence-electron chi connectivity index (χ4n) is 1.69. The summed E-state index contributed by atoms with van der Waals surface area (Å²) in [5.41, 5.74) is 1.76. The van der Waals surface area contributed by atoms with Crippen molar-refractivity contribution in [1.29, 1.82) is 0 Å². The predicted octanol–water partition coefficient (Wildman–Crippen LogP) is 3.36. The molecule has 6 heteroatoms. The highest BCUT2D eigenvalue weighted by molar-refractivity contribution is 9.10. The summed E-state index contributed by atoms with van der Waals surface area (Å²) in [7, 11) is 1.77. The second-order valence-electron chi connectivity index (χ2n) is 4.20. The third kappa shape index (κ3) is 3.33. The lowest BCUT2D eigenvalue weighted by Crippen LogP contribution is -2.24. The molecule has 1 aromatic heterocycles. The Morgan fingerprint density at radius 3 is 2.65 bits per heavy atom. The molecule has 0 bridgehead atoms. The third-order valence-electron chi connectivity index (χ3n) is 2.86. The number of rotatable bonds is 4. The van der Waals surface area contributed by atoms with Gasteiger partial charge in [0.25, 0.3) is 0 Å². The minimum absolute atomic E-state index is 0.0873. The first-order valence-electron chi connectivity index (χ1n) is 6.21. The van der Waals surface area contributed by atoms with Crippen molar-refractivity contribution in [2.24, 2.45) is 0 Å². The number of hydrogen-bond acceptors (Lipinski definition) is 4. The average molecular weight is 335 g/mol. The smallest absolute Gasteiger partial charge is 0.226 e. The summed E-state index contributed by atoms with van der Waals surface area (Å²) < 4.78 is 0.794. The first-order chi connectivity index (χ1) is 9.61.